The zero-order chi connectivity index (χ0) is 14.5. The second-order valence-corrected chi connectivity index (χ2v) is 4.13. The molecular weight excluding hydrogens is 261 g/mol. The van der Waals surface area contributed by atoms with E-state index in [1.165, 1.54) is 32.5 Å². The molecule has 0 aliphatic carbocycles. The number of pyridine rings is 1. The summed E-state index contributed by atoms with van der Waals surface area (Å²) in [6, 6.07) is 7.88. The van der Waals surface area contributed by atoms with Crippen molar-refractivity contribution in [3.8, 4) is 11.6 Å². The van der Waals surface area contributed by atoms with E-state index in [4.69, 9.17) is 9.47 Å². The monoisotopic (exact) mass is 275 g/mol. The van der Waals surface area contributed by atoms with Crippen molar-refractivity contribution < 1.29 is 18.7 Å². The Hall–Kier alpha value is -2.43. The number of carbonyl (C=O) groups is 1. The Balaban J connectivity index is 2.19. The summed E-state index contributed by atoms with van der Waals surface area (Å²) in [5.41, 5.74) is 0.707. The van der Waals surface area contributed by atoms with Gasteiger partial charge >= 0.3 is 0 Å². The first-order valence-electron chi connectivity index (χ1n) is 6.00. The molecule has 0 aliphatic rings. The molecule has 20 heavy (non-hydrogen) atoms. The molecule has 104 valence electrons. The van der Waals surface area contributed by atoms with Gasteiger partial charge in [-0.05, 0) is 17.7 Å². The van der Waals surface area contributed by atoms with Crippen molar-refractivity contribution in [3.63, 3.8) is 0 Å². The Morgan fingerprint density at radius 3 is 2.60 bits per heavy atom. The smallest absolute Gasteiger partial charge is 0.212 e. The number of Topliss-reactive ketones (excluding diaryl/α,β-unsaturated/α-hetero) is 1. The number of halogens is 1. The highest BCUT2D eigenvalue weighted by atomic mass is 19.1. The van der Waals surface area contributed by atoms with E-state index in [0.29, 0.717) is 11.4 Å². The van der Waals surface area contributed by atoms with E-state index < -0.39 is 5.82 Å². The fourth-order valence-electron chi connectivity index (χ4n) is 1.80. The van der Waals surface area contributed by atoms with E-state index in [1.807, 2.05) is 0 Å². The van der Waals surface area contributed by atoms with Crippen LogP contribution in [0.1, 0.15) is 15.9 Å². The summed E-state index contributed by atoms with van der Waals surface area (Å²) in [7, 11) is 2.87. The van der Waals surface area contributed by atoms with Crippen LogP contribution in [0.25, 0.3) is 0 Å². The summed E-state index contributed by atoms with van der Waals surface area (Å²) in [6.45, 7) is 0. The number of hydrogen-bond acceptors (Lipinski definition) is 4. The summed E-state index contributed by atoms with van der Waals surface area (Å²) >= 11 is 0. The minimum Gasteiger partial charge on any atom is -0.494 e. The van der Waals surface area contributed by atoms with Crippen molar-refractivity contribution in [2.75, 3.05) is 14.2 Å². The van der Waals surface area contributed by atoms with Gasteiger partial charge in [-0.1, -0.05) is 12.1 Å². The maximum atomic E-state index is 14.0. The van der Waals surface area contributed by atoms with Gasteiger partial charge in [-0.25, -0.2) is 9.37 Å². The number of ketones is 1. The highest BCUT2D eigenvalue weighted by Crippen LogP contribution is 2.21. The molecule has 0 aliphatic heterocycles. The summed E-state index contributed by atoms with van der Waals surface area (Å²) in [5, 5.41) is 0. The molecule has 0 atom stereocenters. The van der Waals surface area contributed by atoms with Crippen LogP contribution in [-0.4, -0.2) is 25.0 Å². The SMILES string of the molecule is COc1ccc(CC(=O)c2cccc(OC)c2F)cn1. The van der Waals surface area contributed by atoms with Gasteiger partial charge in [0.05, 0.1) is 19.8 Å². The van der Waals surface area contributed by atoms with E-state index in [-0.39, 0.29) is 23.5 Å². The van der Waals surface area contributed by atoms with Crippen LogP contribution >= 0.6 is 0 Å². The maximum absolute atomic E-state index is 14.0. The number of methoxy groups -OCH3 is 2. The molecule has 2 rings (SSSR count). The first-order valence-corrected chi connectivity index (χ1v) is 6.00. The molecule has 1 heterocycles. The fraction of sp³-hybridized carbons (Fsp3) is 0.200. The van der Waals surface area contributed by atoms with Crippen molar-refractivity contribution in [1.29, 1.82) is 0 Å². The normalized spacial score (nSPS) is 10.2. The van der Waals surface area contributed by atoms with Crippen LogP contribution in [0.2, 0.25) is 0 Å². The van der Waals surface area contributed by atoms with E-state index in [1.54, 1.807) is 18.2 Å². The molecule has 0 bridgehead atoms. The molecule has 0 N–H and O–H groups in total. The van der Waals surface area contributed by atoms with Gasteiger partial charge in [0.1, 0.15) is 0 Å². The second kappa shape index (κ2) is 6.14. The number of nitrogens with zero attached hydrogens (tertiary/aromatic N) is 1. The third kappa shape index (κ3) is 2.93. The largest absolute Gasteiger partial charge is 0.494 e. The number of benzene rings is 1. The molecule has 5 heteroatoms. The lowest BCUT2D eigenvalue weighted by Crippen LogP contribution is -2.07. The minimum absolute atomic E-state index is 0.0140. The molecule has 0 unspecified atom stereocenters. The Labute approximate surface area is 116 Å². The maximum Gasteiger partial charge on any atom is 0.212 e. The Morgan fingerprint density at radius 1 is 1.20 bits per heavy atom. The number of aromatic nitrogens is 1. The van der Waals surface area contributed by atoms with Crippen molar-refractivity contribution in [2.45, 2.75) is 6.42 Å². The third-order valence-corrected chi connectivity index (χ3v) is 2.86. The van der Waals surface area contributed by atoms with Crippen molar-refractivity contribution in [1.82, 2.24) is 4.98 Å². The van der Waals surface area contributed by atoms with Gasteiger partial charge in [0.25, 0.3) is 0 Å². The molecule has 1 aromatic carbocycles. The van der Waals surface area contributed by atoms with Gasteiger partial charge in [0.2, 0.25) is 5.88 Å². The lowest BCUT2D eigenvalue weighted by molar-refractivity contribution is 0.0988. The summed E-state index contributed by atoms with van der Waals surface area (Å²) in [5.74, 6) is -0.438. The summed E-state index contributed by atoms with van der Waals surface area (Å²) < 4.78 is 23.8. The van der Waals surface area contributed by atoms with E-state index in [0.717, 1.165) is 0 Å². The predicted octanol–water partition coefficient (Wildman–Crippen LogP) is 2.66. The lowest BCUT2D eigenvalue weighted by Gasteiger charge is -2.07. The van der Waals surface area contributed by atoms with Gasteiger partial charge in [-0.2, -0.15) is 0 Å². The van der Waals surface area contributed by atoms with Crippen LogP contribution < -0.4 is 9.47 Å². The number of carbonyl (C=O) groups excluding carboxylic acids is 1. The van der Waals surface area contributed by atoms with E-state index in [2.05, 4.69) is 4.98 Å². The van der Waals surface area contributed by atoms with E-state index >= 15 is 0 Å². The van der Waals surface area contributed by atoms with Crippen LogP contribution in [0, 0.1) is 5.82 Å². The Kier molecular flexibility index (Phi) is 4.30. The first kappa shape index (κ1) is 14.0. The Morgan fingerprint density at radius 2 is 2.00 bits per heavy atom. The number of rotatable bonds is 5. The molecule has 0 fully saturated rings. The zero-order valence-corrected chi connectivity index (χ0v) is 11.2. The Bertz CT molecular complexity index is 611. The molecule has 4 nitrogen and oxygen atoms in total. The van der Waals surface area contributed by atoms with Gasteiger partial charge in [0, 0.05) is 18.7 Å². The van der Waals surface area contributed by atoms with Gasteiger partial charge in [0.15, 0.2) is 17.3 Å². The molecule has 0 saturated carbocycles. The topological polar surface area (TPSA) is 48.4 Å². The zero-order valence-electron chi connectivity index (χ0n) is 11.2. The third-order valence-electron chi connectivity index (χ3n) is 2.86. The summed E-state index contributed by atoms with van der Waals surface area (Å²) in [4.78, 5) is 16.1. The van der Waals surface area contributed by atoms with Crippen molar-refractivity contribution in [2.24, 2.45) is 0 Å². The standard InChI is InChI=1S/C15H14FNO3/c1-19-13-5-3-4-11(15(13)16)12(18)8-10-6-7-14(20-2)17-9-10/h3-7,9H,8H2,1-2H3. The van der Waals surface area contributed by atoms with Crippen molar-refractivity contribution in [3.05, 3.63) is 53.5 Å². The first-order chi connectivity index (χ1) is 9.65. The van der Waals surface area contributed by atoms with E-state index in [9.17, 15) is 9.18 Å². The predicted molar refractivity (Wildman–Crippen MR) is 71.8 cm³/mol. The average molecular weight is 275 g/mol. The van der Waals surface area contributed by atoms with Crippen molar-refractivity contribution >= 4 is 5.78 Å². The van der Waals surface area contributed by atoms with Crippen LogP contribution in [0.5, 0.6) is 11.6 Å². The van der Waals surface area contributed by atoms with Crippen LogP contribution in [-0.2, 0) is 6.42 Å². The summed E-state index contributed by atoms with van der Waals surface area (Å²) in [6.07, 6.45) is 1.61. The average Bonchev–Trinajstić information content (AvgIpc) is 2.48. The van der Waals surface area contributed by atoms with Crippen LogP contribution in [0.3, 0.4) is 0 Å². The molecular formula is C15H14FNO3. The highest BCUT2D eigenvalue weighted by molar-refractivity contribution is 5.98. The fourth-order valence-corrected chi connectivity index (χ4v) is 1.80. The quantitative estimate of drug-likeness (QED) is 0.787. The second-order valence-electron chi connectivity index (χ2n) is 4.13. The number of ether oxygens (including phenoxy) is 2. The van der Waals surface area contributed by atoms with Crippen LogP contribution in [0.15, 0.2) is 36.5 Å². The molecule has 2 aromatic rings. The molecule has 1 aromatic heterocycles. The molecule has 0 radical (unpaired) electrons. The minimum atomic E-state index is -0.638. The molecule has 0 amide bonds. The molecule has 0 spiro atoms. The van der Waals surface area contributed by atoms with Gasteiger partial charge in [-0.3, -0.25) is 4.79 Å². The van der Waals surface area contributed by atoms with Gasteiger partial charge in [-0.15, -0.1) is 0 Å². The lowest BCUT2D eigenvalue weighted by atomic mass is 10.0. The number of hydrogen-bond donors (Lipinski definition) is 0. The van der Waals surface area contributed by atoms with Gasteiger partial charge < -0.3 is 9.47 Å². The van der Waals surface area contributed by atoms with Crippen LogP contribution in [0.4, 0.5) is 4.39 Å². The highest BCUT2D eigenvalue weighted by Gasteiger charge is 2.15. The molecule has 0 saturated heterocycles.